The number of non-ortho nitro benzene ring substituents is 1. The number of nitro groups is 1. The second kappa shape index (κ2) is 8.89. The Morgan fingerprint density at radius 3 is 2.74 bits per heavy atom. The molecule has 7 nitrogen and oxygen atoms in total. The van der Waals surface area contributed by atoms with Crippen LogP contribution in [0.1, 0.15) is 55.6 Å². The fourth-order valence-corrected chi connectivity index (χ4v) is 4.04. The predicted molar refractivity (Wildman–Crippen MR) is 125 cm³/mol. The number of amides is 1. The molecule has 2 aromatic carbocycles. The quantitative estimate of drug-likeness (QED) is 0.369. The van der Waals surface area contributed by atoms with Crippen molar-refractivity contribution in [2.24, 2.45) is 5.10 Å². The Hall–Kier alpha value is -3.19. The van der Waals surface area contributed by atoms with Gasteiger partial charge >= 0.3 is 0 Å². The molecule has 1 aliphatic heterocycles. The average Bonchev–Trinajstić information content (AvgIpc) is 2.71. The summed E-state index contributed by atoms with van der Waals surface area (Å²) in [6, 6.07) is 9.37. The van der Waals surface area contributed by atoms with E-state index in [9.17, 15) is 14.9 Å². The number of nitrogens with zero attached hydrogens (tertiary/aromatic N) is 3. The summed E-state index contributed by atoms with van der Waals surface area (Å²) in [5.41, 5.74) is 6.25. The van der Waals surface area contributed by atoms with Gasteiger partial charge in [0.15, 0.2) is 0 Å². The van der Waals surface area contributed by atoms with Crippen LogP contribution in [0.25, 0.3) is 5.57 Å². The normalized spacial score (nSPS) is 14.9. The molecule has 1 N–H and O–H groups in total. The van der Waals surface area contributed by atoms with E-state index < -0.39 is 10.8 Å². The molecule has 0 bridgehead atoms. The summed E-state index contributed by atoms with van der Waals surface area (Å²) in [6.07, 6.45) is 4.74. The summed E-state index contributed by atoms with van der Waals surface area (Å²) in [5, 5.41) is 15.4. The zero-order valence-corrected chi connectivity index (χ0v) is 18.7. The number of fused-ring (bicyclic) bond motifs is 1. The van der Waals surface area contributed by atoms with E-state index in [1.54, 1.807) is 0 Å². The Morgan fingerprint density at radius 2 is 2.06 bits per heavy atom. The van der Waals surface area contributed by atoms with Gasteiger partial charge in [0.05, 0.1) is 21.7 Å². The maximum absolute atomic E-state index is 12.3. The first-order valence-electron chi connectivity index (χ1n) is 10.0. The van der Waals surface area contributed by atoms with Gasteiger partial charge in [0, 0.05) is 41.1 Å². The number of nitro benzene ring substituents is 1. The molecule has 0 saturated heterocycles. The van der Waals surface area contributed by atoms with Crippen LogP contribution in [0.15, 0.2) is 47.6 Å². The van der Waals surface area contributed by atoms with Crippen LogP contribution in [-0.2, 0) is 0 Å². The lowest BCUT2D eigenvalue weighted by Crippen LogP contribution is -2.45. The van der Waals surface area contributed by atoms with Crippen molar-refractivity contribution in [3.63, 3.8) is 0 Å². The first-order valence-corrected chi connectivity index (χ1v) is 10.4. The average molecular weight is 441 g/mol. The zero-order chi connectivity index (χ0) is 22.8. The molecule has 8 heteroatoms. The molecule has 0 aliphatic carbocycles. The van der Waals surface area contributed by atoms with Gasteiger partial charge in [0.2, 0.25) is 0 Å². The number of carbonyl (C=O) groups excluding carboxylic acids is 1. The topological polar surface area (TPSA) is 87.8 Å². The van der Waals surface area contributed by atoms with Crippen LogP contribution in [0, 0.1) is 10.1 Å². The highest BCUT2D eigenvalue weighted by atomic mass is 35.5. The lowest BCUT2D eigenvalue weighted by molar-refractivity contribution is -0.384. The highest BCUT2D eigenvalue weighted by Gasteiger charge is 2.31. The summed E-state index contributed by atoms with van der Waals surface area (Å²) in [7, 11) is 0. The third-order valence-electron chi connectivity index (χ3n) is 5.23. The summed E-state index contributed by atoms with van der Waals surface area (Å²) >= 11 is 6.53. The second-order valence-electron chi connectivity index (χ2n) is 8.03. The number of carbonyl (C=O) groups is 1. The van der Waals surface area contributed by atoms with Crippen LogP contribution in [0.2, 0.25) is 5.02 Å². The van der Waals surface area contributed by atoms with Gasteiger partial charge in [-0.05, 0) is 51.0 Å². The Morgan fingerprint density at radius 1 is 1.32 bits per heavy atom. The number of nitrogens with one attached hydrogen (secondary N) is 1. The largest absolute Gasteiger partial charge is 0.362 e. The molecule has 0 unspecified atom stereocenters. The lowest BCUT2D eigenvalue weighted by atomic mass is 9.88. The van der Waals surface area contributed by atoms with E-state index in [1.807, 2.05) is 12.1 Å². The molecule has 162 valence electrons. The number of halogens is 1. The lowest BCUT2D eigenvalue weighted by Gasteiger charge is -2.43. The monoisotopic (exact) mass is 440 g/mol. The molecule has 0 saturated carbocycles. The first kappa shape index (κ1) is 22.5. The van der Waals surface area contributed by atoms with Crippen molar-refractivity contribution in [1.29, 1.82) is 0 Å². The van der Waals surface area contributed by atoms with E-state index in [0.717, 1.165) is 29.8 Å². The second-order valence-corrected chi connectivity index (χ2v) is 8.44. The SMILES string of the molecule is CCCN1c2cc(Cl)c(/C=N\NC(=O)c3cccc([N+](=O)[O-])c3)cc2C(C)=CC1(C)C. The smallest absolute Gasteiger partial charge is 0.271 e. The fourth-order valence-electron chi connectivity index (χ4n) is 3.83. The Kier molecular flexibility index (Phi) is 6.45. The minimum absolute atomic E-state index is 0.113. The first-order chi connectivity index (χ1) is 14.6. The van der Waals surface area contributed by atoms with Crippen LogP contribution in [-0.4, -0.2) is 29.1 Å². The number of benzene rings is 2. The van der Waals surface area contributed by atoms with Crippen LogP contribution >= 0.6 is 11.6 Å². The molecule has 0 spiro atoms. The molecule has 1 heterocycles. The molecule has 0 aromatic heterocycles. The molecule has 1 aliphatic rings. The molecule has 31 heavy (non-hydrogen) atoms. The molecule has 0 fully saturated rings. The number of hydrazone groups is 1. The number of hydrogen-bond donors (Lipinski definition) is 1. The molecule has 0 atom stereocenters. The fraction of sp³-hybridized carbons (Fsp3) is 0.304. The minimum atomic E-state index is -0.550. The predicted octanol–water partition coefficient (Wildman–Crippen LogP) is 5.42. The van der Waals surface area contributed by atoms with E-state index in [-0.39, 0.29) is 16.8 Å². The van der Waals surface area contributed by atoms with Crippen molar-refractivity contribution in [1.82, 2.24) is 5.43 Å². The van der Waals surface area contributed by atoms with Crippen molar-refractivity contribution in [3.05, 3.63) is 74.3 Å². The summed E-state index contributed by atoms with van der Waals surface area (Å²) < 4.78 is 0. The third kappa shape index (κ3) is 4.77. The van der Waals surface area contributed by atoms with Gasteiger partial charge in [0.1, 0.15) is 0 Å². The van der Waals surface area contributed by atoms with Crippen molar-refractivity contribution in [2.45, 2.75) is 39.7 Å². The van der Waals surface area contributed by atoms with Crippen molar-refractivity contribution in [2.75, 3.05) is 11.4 Å². The Bertz CT molecular complexity index is 1090. The maximum Gasteiger partial charge on any atom is 0.271 e. The highest BCUT2D eigenvalue weighted by Crippen LogP contribution is 2.41. The van der Waals surface area contributed by atoms with E-state index in [2.05, 4.69) is 49.2 Å². The van der Waals surface area contributed by atoms with Crippen LogP contribution in [0.4, 0.5) is 11.4 Å². The maximum atomic E-state index is 12.3. The third-order valence-corrected chi connectivity index (χ3v) is 5.56. The van der Waals surface area contributed by atoms with E-state index >= 15 is 0 Å². The number of hydrogen-bond acceptors (Lipinski definition) is 5. The molecular formula is C23H25ClN4O3. The Labute approximate surface area is 186 Å². The summed E-state index contributed by atoms with van der Waals surface area (Å²) in [5.74, 6) is -0.541. The van der Waals surface area contributed by atoms with E-state index in [4.69, 9.17) is 11.6 Å². The van der Waals surface area contributed by atoms with Gasteiger partial charge in [-0.15, -0.1) is 0 Å². The standard InChI is InChI=1S/C23H25ClN4O3/c1-5-9-27-21-12-20(24)17(11-19(21)15(2)13-23(27,3)4)14-25-26-22(29)16-7-6-8-18(10-16)28(30)31/h6-8,10-14H,5,9H2,1-4H3,(H,26,29)/b25-14-. The van der Waals surface area contributed by atoms with E-state index in [0.29, 0.717) is 10.6 Å². The van der Waals surface area contributed by atoms with Crippen molar-refractivity contribution < 1.29 is 9.72 Å². The number of rotatable bonds is 6. The minimum Gasteiger partial charge on any atom is -0.362 e. The molecule has 0 radical (unpaired) electrons. The van der Waals surface area contributed by atoms with Crippen LogP contribution in [0.3, 0.4) is 0 Å². The van der Waals surface area contributed by atoms with Crippen LogP contribution in [0.5, 0.6) is 0 Å². The van der Waals surface area contributed by atoms with Gasteiger partial charge in [0.25, 0.3) is 11.6 Å². The van der Waals surface area contributed by atoms with Crippen molar-refractivity contribution in [3.8, 4) is 0 Å². The molecular weight excluding hydrogens is 416 g/mol. The highest BCUT2D eigenvalue weighted by molar-refractivity contribution is 6.33. The van der Waals surface area contributed by atoms with Gasteiger partial charge in [-0.2, -0.15) is 5.10 Å². The summed E-state index contributed by atoms with van der Waals surface area (Å²) in [4.78, 5) is 24.9. The van der Waals surface area contributed by atoms with Gasteiger partial charge < -0.3 is 4.90 Å². The summed E-state index contributed by atoms with van der Waals surface area (Å²) in [6.45, 7) is 9.49. The van der Waals surface area contributed by atoms with Gasteiger partial charge in [-0.1, -0.05) is 30.7 Å². The molecule has 3 rings (SSSR count). The van der Waals surface area contributed by atoms with Crippen molar-refractivity contribution >= 4 is 40.7 Å². The number of anilines is 1. The Balaban J connectivity index is 1.84. The van der Waals surface area contributed by atoms with Gasteiger partial charge in [-0.25, -0.2) is 5.43 Å². The van der Waals surface area contributed by atoms with E-state index in [1.165, 1.54) is 30.5 Å². The molecule has 1 amide bonds. The zero-order valence-electron chi connectivity index (χ0n) is 18.0. The number of allylic oxidation sites excluding steroid dienone is 1. The van der Waals surface area contributed by atoms with Gasteiger partial charge in [-0.3, -0.25) is 14.9 Å². The molecule has 2 aromatic rings. The van der Waals surface area contributed by atoms with Crippen LogP contribution < -0.4 is 10.3 Å².